The van der Waals surface area contributed by atoms with Crippen LogP contribution in [-0.2, 0) is 19.4 Å². The summed E-state index contributed by atoms with van der Waals surface area (Å²) >= 11 is 0. The lowest BCUT2D eigenvalue weighted by molar-refractivity contribution is 0.315. The van der Waals surface area contributed by atoms with Crippen molar-refractivity contribution in [3.05, 3.63) is 47.2 Å². The van der Waals surface area contributed by atoms with Gasteiger partial charge in [-0.25, -0.2) is 4.98 Å². The highest BCUT2D eigenvalue weighted by molar-refractivity contribution is 5.81. The molecule has 0 unspecified atom stereocenters. The van der Waals surface area contributed by atoms with Gasteiger partial charge in [-0.3, -0.25) is 10.00 Å². The highest BCUT2D eigenvalue weighted by Gasteiger charge is 2.29. The zero-order valence-corrected chi connectivity index (χ0v) is 14.8. The topological polar surface area (TPSA) is 49.7 Å². The van der Waals surface area contributed by atoms with E-state index >= 15 is 0 Å². The minimum absolute atomic E-state index is 0.579. The molecule has 2 aliphatic rings. The van der Waals surface area contributed by atoms with Crippen LogP contribution >= 0.6 is 0 Å². The Labute approximate surface area is 148 Å². The zero-order chi connectivity index (χ0) is 16.8. The number of aromatic nitrogens is 4. The third-order valence-corrected chi connectivity index (χ3v) is 5.92. The van der Waals surface area contributed by atoms with Gasteiger partial charge in [0.2, 0.25) is 0 Å². The van der Waals surface area contributed by atoms with Gasteiger partial charge in [-0.05, 0) is 44.6 Å². The van der Waals surface area contributed by atoms with E-state index in [0.717, 1.165) is 19.6 Å². The van der Waals surface area contributed by atoms with Crippen LogP contribution < -0.4 is 0 Å². The Morgan fingerprint density at radius 3 is 3.12 bits per heavy atom. The molecule has 1 N–H and O–H groups in total. The number of likely N-dealkylation sites (tertiary alicyclic amines) is 1. The lowest BCUT2D eigenvalue weighted by atomic mass is 10.0. The molecule has 1 atom stereocenters. The van der Waals surface area contributed by atoms with Crippen LogP contribution in [-0.4, -0.2) is 37.7 Å². The van der Waals surface area contributed by atoms with Crippen LogP contribution in [0.15, 0.2) is 24.4 Å². The summed E-state index contributed by atoms with van der Waals surface area (Å²) in [5.41, 5.74) is 5.41. The van der Waals surface area contributed by atoms with Crippen molar-refractivity contribution in [2.24, 2.45) is 0 Å². The molecule has 3 aromatic rings. The fourth-order valence-corrected chi connectivity index (χ4v) is 4.75. The highest BCUT2D eigenvalue weighted by atomic mass is 15.2. The summed E-state index contributed by atoms with van der Waals surface area (Å²) in [5.74, 6) is 1.22. The maximum Gasteiger partial charge on any atom is 0.106 e. The molecule has 0 spiro atoms. The molecule has 0 bridgehead atoms. The van der Waals surface area contributed by atoms with Gasteiger partial charge in [-0.15, -0.1) is 0 Å². The molecule has 0 saturated carbocycles. The molecule has 0 radical (unpaired) electrons. The average molecular weight is 335 g/mol. The van der Waals surface area contributed by atoms with Crippen molar-refractivity contribution in [2.75, 3.05) is 13.1 Å². The number of H-pyrrole nitrogens is 1. The number of hydrogen-bond donors (Lipinski definition) is 1. The SMILES string of the molecule is Cc1nc2c(n1[C@H]1CCN(Cc3cccc4cn[nH]c34)C1)CCCC2. The summed E-state index contributed by atoms with van der Waals surface area (Å²) < 4.78 is 2.56. The number of nitrogens with one attached hydrogen (secondary N) is 1. The van der Waals surface area contributed by atoms with E-state index in [1.807, 2.05) is 6.20 Å². The predicted molar refractivity (Wildman–Crippen MR) is 98.6 cm³/mol. The lowest BCUT2D eigenvalue weighted by Crippen LogP contribution is -2.23. The van der Waals surface area contributed by atoms with Crippen molar-refractivity contribution in [2.45, 2.75) is 51.6 Å². The Morgan fingerprint density at radius 2 is 2.16 bits per heavy atom. The monoisotopic (exact) mass is 335 g/mol. The van der Waals surface area contributed by atoms with Crippen LogP contribution in [0.2, 0.25) is 0 Å². The van der Waals surface area contributed by atoms with E-state index in [2.05, 4.69) is 44.8 Å². The summed E-state index contributed by atoms with van der Waals surface area (Å²) in [4.78, 5) is 7.45. The summed E-state index contributed by atoms with van der Waals surface area (Å²) in [7, 11) is 0. The van der Waals surface area contributed by atoms with E-state index in [4.69, 9.17) is 4.98 Å². The molecule has 5 rings (SSSR count). The quantitative estimate of drug-likeness (QED) is 0.798. The molecule has 1 fully saturated rings. The van der Waals surface area contributed by atoms with Gasteiger partial charge in [0.25, 0.3) is 0 Å². The first kappa shape index (κ1) is 15.1. The average Bonchev–Trinajstić information content (AvgIpc) is 3.32. The first-order valence-corrected chi connectivity index (χ1v) is 9.49. The lowest BCUT2D eigenvalue weighted by Gasteiger charge is -2.21. The van der Waals surface area contributed by atoms with Crippen molar-refractivity contribution in [1.82, 2.24) is 24.6 Å². The van der Waals surface area contributed by atoms with Crippen molar-refractivity contribution in [3.63, 3.8) is 0 Å². The van der Waals surface area contributed by atoms with Gasteiger partial charge in [0.15, 0.2) is 0 Å². The summed E-state index contributed by atoms with van der Waals surface area (Å²) in [6, 6.07) is 7.06. The fourth-order valence-electron chi connectivity index (χ4n) is 4.75. The Balaban J connectivity index is 1.37. The van der Waals surface area contributed by atoms with Gasteiger partial charge in [0.05, 0.1) is 17.4 Å². The van der Waals surface area contributed by atoms with Crippen LogP contribution in [0.1, 0.15) is 48.1 Å². The minimum Gasteiger partial charge on any atom is -0.328 e. The fraction of sp³-hybridized carbons (Fsp3) is 0.500. The summed E-state index contributed by atoms with van der Waals surface area (Å²) in [6.45, 7) is 5.45. The Hall–Kier alpha value is -2.14. The van der Waals surface area contributed by atoms with E-state index in [1.165, 1.54) is 65.8 Å². The van der Waals surface area contributed by atoms with E-state index in [-0.39, 0.29) is 0 Å². The molecule has 5 heteroatoms. The van der Waals surface area contributed by atoms with Crippen LogP contribution in [0.3, 0.4) is 0 Å². The molecule has 1 aromatic carbocycles. The number of imidazole rings is 1. The van der Waals surface area contributed by atoms with E-state index in [1.54, 1.807) is 0 Å². The second-order valence-corrected chi connectivity index (χ2v) is 7.56. The van der Waals surface area contributed by atoms with Gasteiger partial charge in [0, 0.05) is 36.8 Å². The normalized spacial score (nSPS) is 21.1. The summed E-state index contributed by atoms with van der Waals surface area (Å²) in [6.07, 6.45) is 8.13. The van der Waals surface area contributed by atoms with Gasteiger partial charge in [-0.2, -0.15) is 5.10 Å². The van der Waals surface area contributed by atoms with Crippen LogP contribution in [0, 0.1) is 6.92 Å². The predicted octanol–water partition coefficient (Wildman–Crippen LogP) is 3.39. The number of hydrogen-bond acceptors (Lipinski definition) is 3. The van der Waals surface area contributed by atoms with Crippen LogP contribution in [0.4, 0.5) is 0 Å². The molecule has 3 heterocycles. The second-order valence-electron chi connectivity index (χ2n) is 7.56. The molecule has 130 valence electrons. The van der Waals surface area contributed by atoms with E-state index in [0.29, 0.717) is 6.04 Å². The molecule has 1 saturated heterocycles. The Bertz CT molecular complexity index is 906. The third-order valence-electron chi connectivity index (χ3n) is 5.92. The van der Waals surface area contributed by atoms with Crippen LogP contribution in [0.5, 0.6) is 0 Å². The maximum atomic E-state index is 4.87. The van der Waals surface area contributed by atoms with E-state index < -0.39 is 0 Å². The van der Waals surface area contributed by atoms with Gasteiger partial charge in [0.1, 0.15) is 5.82 Å². The summed E-state index contributed by atoms with van der Waals surface area (Å²) in [5, 5.41) is 8.56. The molecule has 5 nitrogen and oxygen atoms in total. The zero-order valence-electron chi connectivity index (χ0n) is 14.8. The number of para-hydroxylation sites is 1. The highest BCUT2D eigenvalue weighted by Crippen LogP contribution is 2.31. The van der Waals surface area contributed by atoms with Crippen molar-refractivity contribution in [3.8, 4) is 0 Å². The van der Waals surface area contributed by atoms with Crippen molar-refractivity contribution < 1.29 is 0 Å². The molecule has 1 aliphatic carbocycles. The number of aryl methyl sites for hydroxylation is 2. The van der Waals surface area contributed by atoms with Crippen molar-refractivity contribution >= 4 is 10.9 Å². The van der Waals surface area contributed by atoms with Gasteiger partial charge in [-0.1, -0.05) is 18.2 Å². The molecule has 1 aliphatic heterocycles. The third kappa shape index (κ3) is 2.58. The molecular formula is C20H25N5. The molecule has 0 amide bonds. The molecule has 25 heavy (non-hydrogen) atoms. The number of benzene rings is 1. The number of rotatable bonds is 3. The smallest absolute Gasteiger partial charge is 0.106 e. The maximum absolute atomic E-state index is 4.87. The van der Waals surface area contributed by atoms with Crippen LogP contribution in [0.25, 0.3) is 10.9 Å². The number of nitrogens with zero attached hydrogens (tertiary/aromatic N) is 4. The first-order valence-electron chi connectivity index (χ1n) is 9.49. The minimum atomic E-state index is 0.579. The van der Waals surface area contributed by atoms with Gasteiger partial charge >= 0.3 is 0 Å². The molecular weight excluding hydrogens is 310 g/mol. The van der Waals surface area contributed by atoms with Gasteiger partial charge < -0.3 is 4.57 Å². The number of fused-ring (bicyclic) bond motifs is 2. The molecule has 2 aromatic heterocycles. The Morgan fingerprint density at radius 1 is 1.24 bits per heavy atom. The van der Waals surface area contributed by atoms with E-state index in [9.17, 15) is 0 Å². The second kappa shape index (κ2) is 5.99. The Kier molecular flexibility index (Phi) is 3.63. The van der Waals surface area contributed by atoms with Crippen molar-refractivity contribution in [1.29, 1.82) is 0 Å². The largest absolute Gasteiger partial charge is 0.328 e. The number of aromatic amines is 1. The standard InChI is InChI=1S/C20H25N5/c1-14-22-18-7-2-3-8-19(18)25(14)17-9-10-24(13-17)12-16-6-4-5-15-11-21-23-20(15)16/h4-6,11,17H,2-3,7-10,12-13H2,1H3,(H,21,23)/t17-/m0/s1. The first-order chi connectivity index (χ1) is 12.3.